The van der Waals surface area contributed by atoms with Gasteiger partial charge in [0.15, 0.2) is 0 Å². The SMILES string of the molecule is CC1CCN(S(=O)(=O)N2CCN(Cc3nc4ccccc4[nH]3)CC2)CC1. The molecule has 0 atom stereocenters. The lowest BCUT2D eigenvalue weighted by atomic mass is 10.0. The molecule has 0 saturated carbocycles. The first-order valence-electron chi connectivity index (χ1n) is 9.43. The van der Waals surface area contributed by atoms with Crippen LogP contribution in [-0.4, -0.2) is 71.2 Å². The second kappa shape index (κ2) is 7.26. The molecule has 2 aliphatic rings. The minimum atomic E-state index is -3.31. The van der Waals surface area contributed by atoms with Gasteiger partial charge in [0.2, 0.25) is 0 Å². The van der Waals surface area contributed by atoms with E-state index in [2.05, 4.69) is 21.8 Å². The molecule has 3 heterocycles. The molecule has 0 radical (unpaired) electrons. The largest absolute Gasteiger partial charge is 0.341 e. The zero-order valence-corrected chi connectivity index (χ0v) is 16.1. The number of imidazole rings is 1. The van der Waals surface area contributed by atoms with E-state index in [1.807, 2.05) is 24.3 Å². The van der Waals surface area contributed by atoms with Crippen LogP contribution in [0.1, 0.15) is 25.6 Å². The van der Waals surface area contributed by atoms with E-state index in [0.717, 1.165) is 49.3 Å². The van der Waals surface area contributed by atoms with Crippen molar-refractivity contribution >= 4 is 21.2 Å². The lowest BCUT2D eigenvalue weighted by Crippen LogP contribution is -2.54. The maximum absolute atomic E-state index is 12.8. The maximum Gasteiger partial charge on any atom is 0.282 e. The Morgan fingerprint density at radius 3 is 2.38 bits per heavy atom. The van der Waals surface area contributed by atoms with Gasteiger partial charge in [-0.15, -0.1) is 0 Å². The number of benzene rings is 1. The van der Waals surface area contributed by atoms with Crippen molar-refractivity contribution in [2.45, 2.75) is 26.3 Å². The molecule has 1 N–H and O–H groups in total. The Labute approximate surface area is 155 Å². The zero-order chi connectivity index (χ0) is 18.1. The first-order valence-corrected chi connectivity index (χ1v) is 10.8. The Hall–Kier alpha value is -1.48. The number of aromatic amines is 1. The van der Waals surface area contributed by atoms with Gasteiger partial charge in [-0.05, 0) is 30.9 Å². The highest BCUT2D eigenvalue weighted by Crippen LogP contribution is 2.22. The van der Waals surface area contributed by atoms with E-state index in [9.17, 15) is 8.42 Å². The van der Waals surface area contributed by atoms with Gasteiger partial charge in [0.25, 0.3) is 10.2 Å². The number of H-pyrrole nitrogens is 1. The number of nitrogens with zero attached hydrogens (tertiary/aromatic N) is 4. The Morgan fingerprint density at radius 1 is 1.04 bits per heavy atom. The van der Waals surface area contributed by atoms with Crippen LogP contribution < -0.4 is 0 Å². The molecule has 2 fully saturated rings. The molecule has 142 valence electrons. The third kappa shape index (κ3) is 3.64. The fourth-order valence-electron chi connectivity index (χ4n) is 3.79. The summed E-state index contributed by atoms with van der Waals surface area (Å²) in [5.74, 6) is 1.56. The lowest BCUT2D eigenvalue weighted by Gasteiger charge is -2.38. The molecule has 2 saturated heterocycles. The van der Waals surface area contributed by atoms with Crippen molar-refractivity contribution < 1.29 is 8.42 Å². The summed E-state index contributed by atoms with van der Waals surface area (Å²) >= 11 is 0. The van der Waals surface area contributed by atoms with Crippen molar-refractivity contribution in [3.05, 3.63) is 30.1 Å². The van der Waals surface area contributed by atoms with Gasteiger partial charge in [-0.25, -0.2) is 4.98 Å². The third-order valence-electron chi connectivity index (χ3n) is 5.54. The second-order valence-corrected chi connectivity index (χ2v) is 9.39. The van der Waals surface area contributed by atoms with Crippen LogP contribution in [0.5, 0.6) is 0 Å². The fraction of sp³-hybridized carbons (Fsp3) is 0.611. The van der Waals surface area contributed by atoms with E-state index in [1.54, 1.807) is 8.61 Å². The highest BCUT2D eigenvalue weighted by atomic mass is 32.2. The summed E-state index contributed by atoms with van der Waals surface area (Å²) in [4.78, 5) is 10.2. The number of aromatic nitrogens is 2. The molecule has 8 heteroatoms. The standard InChI is InChI=1S/C18H27N5O2S/c1-15-6-8-22(9-7-15)26(24,25)23-12-10-21(11-13-23)14-18-19-16-4-2-3-5-17(16)20-18/h2-5,15H,6-14H2,1H3,(H,19,20). The minimum absolute atomic E-state index is 0.550. The second-order valence-electron chi connectivity index (χ2n) is 7.47. The van der Waals surface area contributed by atoms with Gasteiger partial charge >= 0.3 is 0 Å². The Bertz CT molecular complexity index is 816. The van der Waals surface area contributed by atoms with Gasteiger partial charge in [-0.2, -0.15) is 17.0 Å². The average molecular weight is 378 g/mol. The van der Waals surface area contributed by atoms with Crippen molar-refractivity contribution in [2.75, 3.05) is 39.3 Å². The number of hydrogen-bond acceptors (Lipinski definition) is 4. The molecular formula is C18H27N5O2S. The van der Waals surface area contributed by atoms with Crippen molar-refractivity contribution in [2.24, 2.45) is 5.92 Å². The minimum Gasteiger partial charge on any atom is -0.341 e. The molecule has 7 nitrogen and oxygen atoms in total. The van der Waals surface area contributed by atoms with E-state index < -0.39 is 10.2 Å². The van der Waals surface area contributed by atoms with Gasteiger partial charge in [-0.3, -0.25) is 4.90 Å². The van der Waals surface area contributed by atoms with Crippen LogP contribution in [0.15, 0.2) is 24.3 Å². The summed E-state index contributed by atoms with van der Waals surface area (Å²) < 4.78 is 29.0. The molecule has 0 spiro atoms. The Morgan fingerprint density at radius 2 is 1.69 bits per heavy atom. The Kier molecular flexibility index (Phi) is 5.00. The number of fused-ring (bicyclic) bond motifs is 1. The molecule has 2 aromatic rings. The molecule has 1 aromatic heterocycles. The van der Waals surface area contributed by atoms with Crippen LogP contribution in [-0.2, 0) is 16.8 Å². The highest BCUT2D eigenvalue weighted by Gasteiger charge is 2.34. The number of hydrogen-bond donors (Lipinski definition) is 1. The van der Waals surface area contributed by atoms with Crippen LogP contribution in [0, 0.1) is 5.92 Å². The number of para-hydroxylation sites is 2. The molecule has 0 bridgehead atoms. The zero-order valence-electron chi connectivity index (χ0n) is 15.3. The predicted molar refractivity (Wildman–Crippen MR) is 102 cm³/mol. The number of nitrogens with one attached hydrogen (secondary N) is 1. The van der Waals surface area contributed by atoms with E-state index in [1.165, 1.54) is 0 Å². The number of piperidine rings is 1. The van der Waals surface area contributed by atoms with E-state index in [4.69, 9.17) is 0 Å². The topological polar surface area (TPSA) is 72.5 Å². The first-order chi connectivity index (χ1) is 12.5. The lowest BCUT2D eigenvalue weighted by molar-refractivity contribution is 0.168. The summed E-state index contributed by atoms with van der Waals surface area (Å²) in [6.45, 7) is 6.81. The van der Waals surface area contributed by atoms with E-state index >= 15 is 0 Å². The summed E-state index contributed by atoms with van der Waals surface area (Å²) in [6, 6.07) is 8.00. The molecule has 4 rings (SSSR count). The van der Waals surface area contributed by atoms with Gasteiger partial charge in [0, 0.05) is 39.3 Å². The summed E-state index contributed by atoms with van der Waals surface area (Å²) in [5, 5.41) is 0. The molecule has 0 aliphatic carbocycles. The number of piperazine rings is 1. The quantitative estimate of drug-likeness (QED) is 0.880. The van der Waals surface area contributed by atoms with Gasteiger partial charge in [-0.1, -0.05) is 19.1 Å². The van der Waals surface area contributed by atoms with Crippen molar-refractivity contribution in [1.29, 1.82) is 0 Å². The summed E-state index contributed by atoms with van der Waals surface area (Å²) in [7, 11) is -3.31. The third-order valence-corrected chi connectivity index (χ3v) is 7.57. The van der Waals surface area contributed by atoms with Crippen molar-refractivity contribution in [1.82, 2.24) is 23.5 Å². The van der Waals surface area contributed by atoms with Gasteiger partial charge in [0.05, 0.1) is 17.6 Å². The van der Waals surface area contributed by atoms with Crippen LogP contribution in [0.2, 0.25) is 0 Å². The van der Waals surface area contributed by atoms with Crippen LogP contribution in [0.25, 0.3) is 11.0 Å². The molecule has 2 aliphatic heterocycles. The predicted octanol–water partition coefficient (Wildman–Crippen LogP) is 1.66. The average Bonchev–Trinajstić information content (AvgIpc) is 3.05. The van der Waals surface area contributed by atoms with Gasteiger partial charge < -0.3 is 4.98 Å². The number of rotatable bonds is 4. The van der Waals surface area contributed by atoms with Crippen molar-refractivity contribution in [3.8, 4) is 0 Å². The normalized spacial score (nSPS) is 22.2. The smallest absolute Gasteiger partial charge is 0.282 e. The highest BCUT2D eigenvalue weighted by molar-refractivity contribution is 7.86. The molecule has 0 unspecified atom stereocenters. The van der Waals surface area contributed by atoms with E-state index in [0.29, 0.717) is 32.1 Å². The molecule has 26 heavy (non-hydrogen) atoms. The van der Waals surface area contributed by atoms with Crippen LogP contribution in [0.4, 0.5) is 0 Å². The monoisotopic (exact) mass is 377 g/mol. The van der Waals surface area contributed by atoms with E-state index in [-0.39, 0.29) is 0 Å². The molecular weight excluding hydrogens is 350 g/mol. The molecule has 0 amide bonds. The molecule has 1 aromatic carbocycles. The fourth-order valence-corrected chi connectivity index (χ4v) is 5.41. The summed E-state index contributed by atoms with van der Waals surface area (Å²) in [5.41, 5.74) is 2.02. The maximum atomic E-state index is 12.8. The van der Waals surface area contributed by atoms with Crippen LogP contribution in [0.3, 0.4) is 0 Å². The Balaban J connectivity index is 1.34. The summed E-state index contributed by atoms with van der Waals surface area (Å²) in [6.07, 6.45) is 1.93. The van der Waals surface area contributed by atoms with Crippen molar-refractivity contribution in [3.63, 3.8) is 0 Å². The van der Waals surface area contributed by atoms with Gasteiger partial charge in [0.1, 0.15) is 5.82 Å². The first kappa shape index (κ1) is 17.9. The van der Waals surface area contributed by atoms with Crippen LogP contribution >= 0.6 is 0 Å².